The van der Waals surface area contributed by atoms with Crippen LogP contribution in [0.1, 0.15) is 23.6 Å². The molecule has 0 saturated carbocycles. The third-order valence-electron chi connectivity index (χ3n) is 4.80. The first-order chi connectivity index (χ1) is 13.5. The fraction of sp³-hybridized carbons (Fsp3) is 0.304. The van der Waals surface area contributed by atoms with Gasteiger partial charge in [-0.15, -0.1) is 0 Å². The largest absolute Gasteiger partial charge is 0.335 e. The van der Waals surface area contributed by atoms with Crippen LogP contribution in [0.2, 0.25) is 0 Å². The minimum absolute atomic E-state index is 0.130. The molecule has 0 unspecified atom stereocenters. The molecule has 146 valence electrons. The van der Waals surface area contributed by atoms with Crippen LogP contribution in [-0.4, -0.2) is 47.8 Å². The highest BCUT2D eigenvalue weighted by Gasteiger charge is 2.24. The minimum atomic E-state index is -0.242. The van der Waals surface area contributed by atoms with Crippen LogP contribution in [0.4, 0.5) is 0 Å². The maximum atomic E-state index is 13.0. The first kappa shape index (κ1) is 19.8. The van der Waals surface area contributed by atoms with E-state index in [1.54, 1.807) is 6.08 Å². The maximum Gasteiger partial charge on any atom is 0.270 e. The molecule has 0 radical (unpaired) electrons. The topological polar surface area (TPSA) is 52.7 Å². The van der Waals surface area contributed by atoms with E-state index in [0.717, 1.165) is 25.2 Å². The molecule has 5 nitrogen and oxygen atoms in total. The third-order valence-corrected chi connectivity index (χ3v) is 4.80. The monoisotopic (exact) mass is 377 g/mol. The molecule has 0 atom stereocenters. The van der Waals surface area contributed by atoms with E-state index < -0.39 is 0 Å². The van der Waals surface area contributed by atoms with Crippen molar-refractivity contribution in [2.75, 3.05) is 26.2 Å². The lowest BCUT2D eigenvalue weighted by molar-refractivity contribution is -0.130. The van der Waals surface area contributed by atoms with Crippen molar-refractivity contribution in [1.82, 2.24) is 15.1 Å². The number of nitrogens with one attached hydrogen (secondary N) is 1. The summed E-state index contributed by atoms with van der Waals surface area (Å²) in [4.78, 5) is 28.7. The average Bonchev–Trinajstić information content (AvgIpc) is 2.68. The van der Waals surface area contributed by atoms with Gasteiger partial charge in [0.25, 0.3) is 5.91 Å². The smallest absolute Gasteiger partial charge is 0.270 e. The van der Waals surface area contributed by atoms with Crippen molar-refractivity contribution < 1.29 is 9.59 Å². The normalized spacial score (nSPS) is 15.4. The van der Waals surface area contributed by atoms with E-state index in [0.29, 0.717) is 18.8 Å². The number of benzene rings is 2. The van der Waals surface area contributed by atoms with Crippen molar-refractivity contribution in [3.05, 3.63) is 77.0 Å². The summed E-state index contributed by atoms with van der Waals surface area (Å²) < 4.78 is 0. The van der Waals surface area contributed by atoms with Crippen LogP contribution in [0.3, 0.4) is 0 Å². The Morgan fingerprint density at radius 2 is 1.71 bits per heavy atom. The molecule has 2 amide bonds. The Kier molecular flexibility index (Phi) is 6.61. The van der Waals surface area contributed by atoms with E-state index >= 15 is 0 Å². The van der Waals surface area contributed by atoms with Crippen molar-refractivity contribution >= 4 is 17.9 Å². The molecular formula is C23H27N3O2. The summed E-state index contributed by atoms with van der Waals surface area (Å²) in [6.07, 6.45) is 1.74. The van der Waals surface area contributed by atoms with Gasteiger partial charge in [0.1, 0.15) is 5.70 Å². The Morgan fingerprint density at radius 1 is 1.00 bits per heavy atom. The lowest BCUT2D eigenvalue weighted by Crippen LogP contribution is -2.50. The second-order valence-corrected chi connectivity index (χ2v) is 7.21. The Balaban J connectivity index is 1.63. The average molecular weight is 377 g/mol. The highest BCUT2D eigenvalue weighted by atomic mass is 16.2. The summed E-state index contributed by atoms with van der Waals surface area (Å²) in [7, 11) is 0. The van der Waals surface area contributed by atoms with Crippen molar-refractivity contribution in [1.29, 1.82) is 0 Å². The summed E-state index contributed by atoms with van der Waals surface area (Å²) in [5.41, 5.74) is 3.77. The van der Waals surface area contributed by atoms with Crippen LogP contribution in [0.25, 0.3) is 6.08 Å². The fourth-order valence-electron chi connectivity index (χ4n) is 3.40. The second kappa shape index (κ2) is 9.33. The van der Waals surface area contributed by atoms with Crippen molar-refractivity contribution in [2.24, 2.45) is 0 Å². The molecule has 2 aromatic rings. The predicted molar refractivity (Wildman–Crippen MR) is 111 cm³/mol. The molecule has 1 heterocycles. The van der Waals surface area contributed by atoms with Gasteiger partial charge in [-0.1, -0.05) is 60.2 Å². The lowest BCUT2D eigenvalue weighted by atomic mass is 10.1. The zero-order valence-electron chi connectivity index (χ0n) is 16.5. The molecule has 3 rings (SSSR count). The van der Waals surface area contributed by atoms with Crippen LogP contribution in [0, 0.1) is 6.92 Å². The molecule has 0 aromatic heterocycles. The van der Waals surface area contributed by atoms with E-state index in [9.17, 15) is 9.59 Å². The summed E-state index contributed by atoms with van der Waals surface area (Å²) in [6, 6.07) is 18.1. The van der Waals surface area contributed by atoms with Crippen molar-refractivity contribution in [2.45, 2.75) is 20.4 Å². The summed E-state index contributed by atoms with van der Waals surface area (Å²) in [5.74, 6) is -0.372. The number of amides is 2. The maximum absolute atomic E-state index is 13.0. The van der Waals surface area contributed by atoms with Crippen LogP contribution in [0.5, 0.6) is 0 Å². The van der Waals surface area contributed by atoms with E-state index in [1.165, 1.54) is 18.1 Å². The third kappa shape index (κ3) is 5.54. The van der Waals surface area contributed by atoms with Gasteiger partial charge in [-0.25, -0.2) is 0 Å². The zero-order chi connectivity index (χ0) is 19.9. The van der Waals surface area contributed by atoms with Crippen molar-refractivity contribution in [3.63, 3.8) is 0 Å². The Morgan fingerprint density at radius 3 is 2.36 bits per heavy atom. The molecule has 5 heteroatoms. The molecule has 0 bridgehead atoms. The number of carbonyl (C=O) groups is 2. The Hall–Kier alpha value is -2.92. The van der Waals surface area contributed by atoms with Crippen LogP contribution < -0.4 is 5.32 Å². The van der Waals surface area contributed by atoms with E-state index in [-0.39, 0.29) is 11.8 Å². The first-order valence-corrected chi connectivity index (χ1v) is 9.63. The molecule has 0 aliphatic carbocycles. The van der Waals surface area contributed by atoms with Gasteiger partial charge in [-0.3, -0.25) is 14.5 Å². The second-order valence-electron chi connectivity index (χ2n) is 7.21. The summed E-state index contributed by atoms with van der Waals surface area (Å²) in [5, 5.41) is 2.70. The number of piperazine rings is 1. The summed E-state index contributed by atoms with van der Waals surface area (Å²) >= 11 is 0. The van der Waals surface area contributed by atoms with Gasteiger partial charge in [0.2, 0.25) is 5.91 Å². The lowest BCUT2D eigenvalue weighted by Gasteiger charge is -2.35. The number of hydrogen-bond acceptors (Lipinski definition) is 3. The van der Waals surface area contributed by atoms with Gasteiger partial charge in [0.05, 0.1) is 0 Å². The van der Waals surface area contributed by atoms with Gasteiger partial charge in [0, 0.05) is 39.6 Å². The Bertz CT molecular complexity index is 853. The molecule has 1 aliphatic heterocycles. The molecule has 1 aliphatic rings. The number of aryl methyl sites for hydroxylation is 1. The quantitative estimate of drug-likeness (QED) is 0.816. The van der Waals surface area contributed by atoms with Gasteiger partial charge in [-0.2, -0.15) is 0 Å². The number of nitrogens with zero attached hydrogens (tertiary/aromatic N) is 2. The van der Waals surface area contributed by atoms with E-state index in [2.05, 4.69) is 41.4 Å². The SMILES string of the molecule is CC(=O)N/C(=C\c1ccccc1)C(=O)N1CCN(Cc2cccc(C)c2)CC1. The van der Waals surface area contributed by atoms with E-state index in [4.69, 9.17) is 0 Å². The minimum Gasteiger partial charge on any atom is -0.335 e. The number of rotatable bonds is 5. The van der Waals surface area contributed by atoms with Crippen LogP contribution in [-0.2, 0) is 16.1 Å². The van der Waals surface area contributed by atoms with Gasteiger partial charge in [-0.05, 0) is 24.1 Å². The number of carbonyl (C=O) groups excluding carboxylic acids is 2. The molecule has 1 fully saturated rings. The molecule has 1 N–H and O–H groups in total. The van der Waals surface area contributed by atoms with Gasteiger partial charge >= 0.3 is 0 Å². The molecule has 1 saturated heterocycles. The fourth-order valence-corrected chi connectivity index (χ4v) is 3.40. The summed E-state index contributed by atoms with van der Waals surface area (Å²) in [6.45, 7) is 7.35. The molecular weight excluding hydrogens is 350 g/mol. The Labute approximate surface area is 166 Å². The first-order valence-electron chi connectivity index (χ1n) is 9.63. The van der Waals surface area contributed by atoms with Crippen LogP contribution >= 0.6 is 0 Å². The highest BCUT2D eigenvalue weighted by Crippen LogP contribution is 2.13. The standard InChI is InChI=1S/C23H27N3O2/c1-18-7-6-10-21(15-18)17-25-11-13-26(14-12-25)23(28)22(24-19(2)27)16-20-8-4-3-5-9-20/h3-10,15-16H,11-14,17H2,1-2H3,(H,24,27)/b22-16-. The molecule has 2 aromatic carbocycles. The van der Waals surface area contributed by atoms with Gasteiger partial charge in [0.15, 0.2) is 0 Å². The van der Waals surface area contributed by atoms with Crippen molar-refractivity contribution in [3.8, 4) is 0 Å². The zero-order valence-corrected chi connectivity index (χ0v) is 16.5. The van der Waals surface area contributed by atoms with E-state index in [1.807, 2.05) is 35.2 Å². The molecule has 0 spiro atoms. The van der Waals surface area contributed by atoms with Crippen LogP contribution in [0.15, 0.2) is 60.3 Å². The highest BCUT2D eigenvalue weighted by molar-refractivity contribution is 6.01. The van der Waals surface area contributed by atoms with Gasteiger partial charge < -0.3 is 10.2 Å². The molecule has 28 heavy (non-hydrogen) atoms. The number of hydrogen-bond donors (Lipinski definition) is 1. The predicted octanol–water partition coefficient (Wildman–Crippen LogP) is 2.82.